The molecule has 96 valence electrons. The van der Waals surface area contributed by atoms with Crippen molar-refractivity contribution < 1.29 is 0 Å². The molecule has 0 heterocycles. The minimum Gasteiger partial charge on any atom is -0.373 e. The Morgan fingerprint density at radius 2 is 1.82 bits per heavy atom. The first kappa shape index (κ1) is 14.6. The van der Waals surface area contributed by atoms with Crippen molar-refractivity contribution in [1.29, 1.82) is 0 Å². The van der Waals surface area contributed by atoms with Crippen LogP contribution < -0.4 is 4.90 Å². The molecular weight excluding hydrogens is 255 g/mol. The van der Waals surface area contributed by atoms with Crippen LogP contribution in [0.2, 0.25) is 5.02 Å². The highest BCUT2D eigenvalue weighted by Crippen LogP contribution is 2.30. The molecule has 1 aromatic carbocycles. The molecule has 0 spiro atoms. The molecule has 0 aliphatic carbocycles. The molecule has 0 bridgehead atoms. The lowest BCUT2D eigenvalue weighted by molar-refractivity contribution is 0.401. The number of alkyl halides is 1. The van der Waals surface area contributed by atoms with E-state index in [4.69, 9.17) is 23.2 Å². The smallest absolute Gasteiger partial charge is 0.0642 e. The van der Waals surface area contributed by atoms with Crippen molar-refractivity contribution >= 4 is 28.9 Å². The van der Waals surface area contributed by atoms with Crippen molar-refractivity contribution in [1.82, 2.24) is 4.90 Å². The molecule has 1 aromatic rings. The summed E-state index contributed by atoms with van der Waals surface area (Å²) < 4.78 is 0. The Kier molecular flexibility index (Phi) is 6.10. The Morgan fingerprint density at radius 3 is 2.41 bits per heavy atom. The summed E-state index contributed by atoms with van der Waals surface area (Å²) in [5.74, 6) is 0.494. The average Bonchev–Trinajstić information content (AvgIpc) is 2.27. The number of hydrogen-bond acceptors (Lipinski definition) is 2. The van der Waals surface area contributed by atoms with Crippen LogP contribution in [0.4, 0.5) is 5.69 Å². The Hall–Kier alpha value is -0.440. The fourth-order valence-electron chi connectivity index (χ4n) is 1.83. The maximum atomic E-state index is 6.23. The van der Waals surface area contributed by atoms with Crippen LogP contribution in [0.3, 0.4) is 0 Å². The van der Waals surface area contributed by atoms with Gasteiger partial charge in [0, 0.05) is 19.5 Å². The van der Waals surface area contributed by atoms with E-state index in [-0.39, 0.29) is 0 Å². The third-order valence-corrected chi connectivity index (χ3v) is 3.29. The van der Waals surface area contributed by atoms with Gasteiger partial charge in [-0.1, -0.05) is 23.7 Å². The molecule has 17 heavy (non-hydrogen) atoms. The lowest BCUT2D eigenvalue weighted by atomic mass is 10.2. The van der Waals surface area contributed by atoms with Gasteiger partial charge in [0.1, 0.15) is 0 Å². The molecule has 0 aliphatic heterocycles. The summed E-state index contributed by atoms with van der Waals surface area (Å²) in [6.45, 7) is 2.05. The van der Waals surface area contributed by atoms with Crippen molar-refractivity contribution in [2.75, 3.05) is 39.1 Å². The maximum Gasteiger partial charge on any atom is 0.0642 e. The highest BCUT2D eigenvalue weighted by atomic mass is 35.5. The summed E-state index contributed by atoms with van der Waals surface area (Å²) in [6, 6.07) is 5.88. The lowest BCUT2D eigenvalue weighted by Crippen LogP contribution is -2.24. The molecule has 0 amide bonds. The van der Waals surface area contributed by atoms with Gasteiger partial charge in [0.15, 0.2) is 0 Å². The molecule has 4 heteroatoms. The molecule has 0 saturated heterocycles. The van der Waals surface area contributed by atoms with E-state index < -0.39 is 0 Å². The topological polar surface area (TPSA) is 6.48 Å². The van der Waals surface area contributed by atoms with E-state index in [9.17, 15) is 0 Å². The minimum absolute atomic E-state index is 0.494. The van der Waals surface area contributed by atoms with Gasteiger partial charge in [-0.3, -0.25) is 0 Å². The van der Waals surface area contributed by atoms with Gasteiger partial charge in [0.2, 0.25) is 0 Å². The molecule has 0 N–H and O–H groups in total. The molecule has 0 fully saturated rings. The zero-order chi connectivity index (χ0) is 12.8. The van der Waals surface area contributed by atoms with Crippen molar-refractivity contribution in [2.45, 2.75) is 12.3 Å². The zero-order valence-corrected chi connectivity index (χ0v) is 12.2. The largest absolute Gasteiger partial charge is 0.373 e. The van der Waals surface area contributed by atoms with E-state index in [0.29, 0.717) is 5.88 Å². The Balaban J connectivity index is 2.70. The number of halogens is 2. The van der Waals surface area contributed by atoms with Crippen LogP contribution in [0.1, 0.15) is 12.0 Å². The molecule has 0 radical (unpaired) electrons. The van der Waals surface area contributed by atoms with E-state index in [1.807, 2.05) is 18.2 Å². The summed E-state index contributed by atoms with van der Waals surface area (Å²) in [5.41, 5.74) is 2.15. The average molecular weight is 275 g/mol. The first-order valence-electron chi connectivity index (χ1n) is 5.75. The Labute approximate surface area is 114 Å². The van der Waals surface area contributed by atoms with Crippen LogP contribution in [0.5, 0.6) is 0 Å². The van der Waals surface area contributed by atoms with Crippen LogP contribution in [0, 0.1) is 0 Å². The van der Waals surface area contributed by atoms with E-state index in [0.717, 1.165) is 35.8 Å². The third kappa shape index (κ3) is 4.38. The number of para-hydroxylation sites is 1. The second kappa shape index (κ2) is 7.10. The van der Waals surface area contributed by atoms with Crippen molar-refractivity contribution in [2.24, 2.45) is 0 Å². The summed E-state index contributed by atoms with van der Waals surface area (Å²) in [4.78, 5) is 4.37. The minimum atomic E-state index is 0.494. The number of benzene rings is 1. The lowest BCUT2D eigenvalue weighted by Gasteiger charge is -2.24. The van der Waals surface area contributed by atoms with Crippen LogP contribution in [-0.4, -0.2) is 39.1 Å². The second-order valence-corrected chi connectivity index (χ2v) is 5.13. The molecule has 0 saturated carbocycles. The summed E-state index contributed by atoms with van der Waals surface area (Å²) in [5, 5.41) is 0.774. The molecular formula is C13H20Cl2N2. The van der Waals surface area contributed by atoms with Crippen molar-refractivity contribution in [3.05, 3.63) is 28.8 Å². The van der Waals surface area contributed by atoms with Gasteiger partial charge in [-0.25, -0.2) is 0 Å². The van der Waals surface area contributed by atoms with E-state index in [1.54, 1.807) is 0 Å². The molecule has 2 nitrogen and oxygen atoms in total. The summed E-state index contributed by atoms with van der Waals surface area (Å²) in [7, 11) is 6.23. The van der Waals surface area contributed by atoms with E-state index in [1.165, 1.54) is 0 Å². The summed E-state index contributed by atoms with van der Waals surface area (Å²) in [6.07, 6.45) is 1.11. The zero-order valence-electron chi connectivity index (χ0n) is 10.7. The molecule has 0 aromatic heterocycles. The molecule has 0 aliphatic rings. The monoisotopic (exact) mass is 274 g/mol. The predicted octanol–water partition coefficient (Wildman–Crippen LogP) is 3.47. The van der Waals surface area contributed by atoms with Crippen molar-refractivity contribution in [3.8, 4) is 0 Å². The highest BCUT2D eigenvalue weighted by molar-refractivity contribution is 6.33. The molecule has 1 rings (SSSR count). The van der Waals surface area contributed by atoms with Gasteiger partial charge in [0.25, 0.3) is 0 Å². The first-order valence-corrected chi connectivity index (χ1v) is 6.66. The van der Waals surface area contributed by atoms with Gasteiger partial charge in [-0.15, -0.1) is 11.6 Å². The van der Waals surface area contributed by atoms with Crippen molar-refractivity contribution in [3.63, 3.8) is 0 Å². The van der Waals surface area contributed by atoms with Gasteiger partial charge in [-0.2, -0.15) is 0 Å². The van der Waals surface area contributed by atoms with Crippen LogP contribution in [0.25, 0.3) is 0 Å². The summed E-state index contributed by atoms with van der Waals surface area (Å²) >= 11 is 12.2. The fraction of sp³-hybridized carbons (Fsp3) is 0.538. The molecule has 0 unspecified atom stereocenters. The quantitative estimate of drug-likeness (QED) is 0.733. The third-order valence-electron chi connectivity index (χ3n) is 2.69. The SMILES string of the molecule is CN(C)CCCN(C)c1c(Cl)cccc1CCl. The van der Waals surface area contributed by atoms with Gasteiger partial charge in [-0.05, 0) is 38.7 Å². The number of hydrogen-bond donors (Lipinski definition) is 0. The predicted molar refractivity (Wildman–Crippen MR) is 77.5 cm³/mol. The van der Waals surface area contributed by atoms with E-state index in [2.05, 4.69) is 30.9 Å². The standard InChI is InChI=1S/C13H20Cl2N2/c1-16(2)8-5-9-17(3)13-11(10-14)6-4-7-12(13)15/h4,6-7H,5,8-10H2,1-3H3. The van der Waals surface area contributed by atoms with Gasteiger partial charge in [0.05, 0.1) is 10.7 Å². The number of rotatable bonds is 6. The number of nitrogens with zero attached hydrogens (tertiary/aromatic N) is 2. The second-order valence-electron chi connectivity index (χ2n) is 4.46. The maximum absolute atomic E-state index is 6.23. The Morgan fingerprint density at radius 1 is 1.12 bits per heavy atom. The van der Waals surface area contributed by atoms with Crippen LogP contribution in [0.15, 0.2) is 18.2 Å². The highest BCUT2D eigenvalue weighted by Gasteiger charge is 2.10. The van der Waals surface area contributed by atoms with Crippen LogP contribution >= 0.6 is 23.2 Å². The Bertz CT molecular complexity index is 353. The van der Waals surface area contributed by atoms with Crippen LogP contribution in [-0.2, 0) is 5.88 Å². The first-order chi connectivity index (χ1) is 8.06. The van der Waals surface area contributed by atoms with Gasteiger partial charge >= 0.3 is 0 Å². The number of anilines is 1. The normalized spacial score (nSPS) is 10.9. The molecule has 0 atom stereocenters. The van der Waals surface area contributed by atoms with E-state index >= 15 is 0 Å². The van der Waals surface area contributed by atoms with Gasteiger partial charge < -0.3 is 9.80 Å². The fourth-order valence-corrected chi connectivity index (χ4v) is 2.39.